The molecule has 2 aromatic heterocycles. The molecule has 0 radical (unpaired) electrons. The first-order chi connectivity index (χ1) is 12.6. The zero-order chi connectivity index (χ0) is 18.1. The second-order valence-electron chi connectivity index (χ2n) is 6.00. The maximum absolute atomic E-state index is 13.1. The minimum atomic E-state index is -3.74. The lowest BCUT2D eigenvalue weighted by Crippen LogP contribution is -2.31. The molecule has 7 nitrogen and oxygen atoms in total. The average Bonchev–Trinajstić information content (AvgIpc) is 3.34. The van der Waals surface area contributed by atoms with Crippen molar-refractivity contribution in [3.8, 4) is 5.82 Å². The molecule has 0 bridgehead atoms. The quantitative estimate of drug-likeness (QED) is 0.701. The standard InChI is InChI=1S/C17H16FN5O2S/c18-13-3-5-14(6-4-13)26(24,25)23-8-1-2-16(23)15-10-20-11-17(21-15)22-9-7-19-12-22/h3-7,9-12,16H,1-2,8H2/t16-/m0/s1. The maximum Gasteiger partial charge on any atom is 0.243 e. The van der Waals surface area contributed by atoms with Gasteiger partial charge in [-0.25, -0.2) is 22.8 Å². The van der Waals surface area contributed by atoms with E-state index >= 15 is 0 Å². The van der Waals surface area contributed by atoms with Crippen LogP contribution in [0.25, 0.3) is 5.82 Å². The Hall–Kier alpha value is -2.65. The van der Waals surface area contributed by atoms with Crippen molar-refractivity contribution in [3.05, 3.63) is 66.9 Å². The van der Waals surface area contributed by atoms with Crippen LogP contribution >= 0.6 is 0 Å². The Bertz CT molecular complexity index is 1010. The molecule has 1 aliphatic heterocycles. The molecule has 0 amide bonds. The van der Waals surface area contributed by atoms with Gasteiger partial charge in [0, 0.05) is 18.9 Å². The van der Waals surface area contributed by atoms with Gasteiger partial charge in [0.05, 0.1) is 29.0 Å². The van der Waals surface area contributed by atoms with Gasteiger partial charge in [-0.2, -0.15) is 4.31 Å². The van der Waals surface area contributed by atoms with E-state index in [0.29, 0.717) is 24.5 Å². The number of sulfonamides is 1. The molecule has 3 aromatic rings. The van der Waals surface area contributed by atoms with Gasteiger partial charge in [-0.15, -0.1) is 0 Å². The summed E-state index contributed by atoms with van der Waals surface area (Å²) in [7, 11) is -3.74. The largest absolute Gasteiger partial charge is 0.289 e. The molecule has 1 atom stereocenters. The average molecular weight is 373 g/mol. The lowest BCUT2D eigenvalue weighted by atomic mass is 10.2. The Morgan fingerprint density at radius 1 is 1.12 bits per heavy atom. The highest BCUT2D eigenvalue weighted by Gasteiger charge is 2.37. The molecule has 0 unspecified atom stereocenters. The van der Waals surface area contributed by atoms with E-state index in [1.165, 1.54) is 16.4 Å². The van der Waals surface area contributed by atoms with Crippen LogP contribution in [-0.4, -0.2) is 38.8 Å². The third-order valence-corrected chi connectivity index (χ3v) is 6.30. The molecule has 1 saturated heterocycles. The molecule has 3 heterocycles. The summed E-state index contributed by atoms with van der Waals surface area (Å²) in [4.78, 5) is 12.8. The third-order valence-electron chi connectivity index (χ3n) is 4.37. The lowest BCUT2D eigenvalue weighted by molar-refractivity contribution is 0.389. The van der Waals surface area contributed by atoms with Gasteiger partial charge in [0.25, 0.3) is 0 Å². The van der Waals surface area contributed by atoms with Crippen molar-refractivity contribution in [3.63, 3.8) is 0 Å². The topological polar surface area (TPSA) is 81.0 Å². The van der Waals surface area contributed by atoms with E-state index in [-0.39, 0.29) is 4.90 Å². The summed E-state index contributed by atoms with van der Waals surface area (Å²) in [6, 6.07) is 4.47. The predicted molar refractivity (Wildman–Crippen MR) is 91.4 cm³/mol. The monoisotopic (exact) mass is 373 g/mol. The zero-order valence-corrected chi connectivity index (χ0v) is 14.6. The van der Waals surface area contributed by atoms with Gasteiger partial charge in [-0.05, 0) is 37.1 Å². The number of rotatable bonds is 4. The smallest absolute Gasteiger partial charge is 0.243 e. The molecule has 1 aromatic carbocycles. The molecule has 4 rings (SSSR count). The van der Waals surface area contributed by atoms with E-state index < -0.39 is 21.9 Å². The Morgan fingerprint density at radius 2 is 1.92 bits per heavy atom. The Labute approximate surface area is 150 Å². The molecule has 0 aliphatic carbocycles. The number of nitrogens with zero attached hydrogens (tertiary/aromatic N) is 5. The first-order valence-corrected chi connectivity index (χ1v) is 9.57. The molecule has 26 heavy (non-hydrogen) atoms. The fourth-order valence-corrected chi connectivity index (χ4v) is 4.78. The molecule has 9 heteroatoms. The van der Waals surface area contributed by atoms with Gasteiger partial charge in [0.1, 0.15) is 12.1 Å². The minimum absolute atomic E-state index is 0.0736. The van der Waals surface area contributed by atoms with Crippen molar-refractivity contribution in [1.29, 1.82) is 0 Å². The van der Waals surface area contributed by atoms with Crippen molar-refractivity contribution in [2.75, 3.05) is 6.54 Å². The molecular formula is C17H16FN5O2S. The molecule has 1 aliphatic rings. The van der Waals surface area contributed by atoms with Crippen LogP contribution in [0.2, 0.25) is 0 Å². The summed E-state index contributed by atoms with van der Waals surface area (Å²) >= 11 is 0. The van der Waals surface area contributed by atoms with Crippen LogP contribution in [0.1, 0.15) is 24.6 Å². The van der Waals surface area contributed by atoms with Crippen molar-refractivity contribution < 1.29 is 12.8 Å². The maximum atomic E-state index is 13.1. The van der Waals surface area contributed by atoms with Gasteiger partial charge in [-0.1, -0.05) is 0 Å². The zero-order valence-electron chi connectivity index (χ0n) is 13.7. The van der Waals surface area contributed by atoms with E-state index in [2.05, 4.69) is 15.0 Å². The predicted octanol–water partition coefficient (Wildman–Crippen LogP) is 2.33. The van der Waals surface area contributed by atoms with Crippen molar-refractivity contribution in [2.24, 2.45) is 0 Å². The van der Waals surface area contributed by atoms with Crippen molar-refractivity contribution in [1.82, 2.24) is 23.8 Å². The second kappa shape index (κ2) is 6.58. The summed E-state index contributed by atoms with van der Waals surface area (Å²) in [5.74, 6) is 0.104. The highest BCUT2D eigenvalue weighted by atomic mass is 32.2. The minimum Gasteiger partial charge on any atom is -0.289 e. The van der Waals surface area contributed by atoms with Crippen molar-refractivity contribution >= 4 is 10.0 Å². The Morgan fingerprint density at radius 3 is 2.65 bits per heavy atom. The van der Waals surface area contributed by atoms with Crippen LogP contribution in [0, 0.1) is 5.82 Å². The van der Waals surface area contributed by atoms with E-state index in [1.807, 2.05) is 0 Å². The van der Waals surface area contributed by atoms with Gasteiger partial charge < -0.3 is 0 Å². The highest BCUT2D eigenvalue weighted by Crippen LogP contribution is 2.35. The first-order valence-electron chi connectivity index (χ1n) is 8.13. The van der Waals surface area contributed by atoms with Gasteiger partial charge in [-0.3, -0.25) is 9.55 Å². The van der Waals surface area contributed by atoms with Gasteiger partial charge >= 0.3 is 0 Å². The second-order valence-corrected chi connectivity index (χ2v) is 7.89. The number of halogens is 1. The van der Waals surface area contributed by atoms with Crippen LogP contribution in [0.15, 0.2) is 60.3 Å². The molecule has 1 fully saturated rings. The van der Waals surface area contributed by atoms with Gasteiger partial charge in [0.15, 0.2) is 5.82 Å². The number of hydrogen-bond acceptors (Lipinski definition) is 5. The molecule has 0 spiro atoms. The Balaban J connectivity index is 1.69. The number of imidazole rings is 1. The van der Waals surface area contributed by atoms with Gasteiger partial charge in [0.2, 0.25) is 10.0 Å². The summed E-state index contributed by atoms with van der Waals surface area (Å²) < 4.78 is 42.2. The molecular weight excluding hydrogens is 357 g/mol. The van der Waals surface area contributed by atoms with E-state index in [1.54, 1.807) is 35.7 Å². The van der Waals surface area contributed by atoms with E-state index in [9.17, 15) is 12.8 Å². The number of benzene rings is 1. The van der Waals surface area contributed by atoms with E-state index in [4.69, 9.17) is 0 Å². The van der Waals surface area contributed by atoms with Crippen LogP contribution < -0.4 is 0 Å². The number of aromatic nitrogens is 4. The summed E-state index contributed by atoms with van der Waals surface area (Å²) in [5.41, 5.74) is 0.583. The molecule has 0 saturated carbocycles. The fraction of sp³-hybridized carbons (Fsp3) is 0.235. The van der Waals surface area contributed by atoms with Crippen LogP contribution in [0.5, 0.6) is 0 Å². The normalized spacial score (nSPS) is 18.3. The van der Waals surface area contributed by atoms with Crippen molar-refractivity contribution in [2.45, 2.75) is 23.8 Å². The Kier molecular flexibility index (Phi) is 4.25. The summed E-state index contributed by atoms with van der Waals surface area (Å²) in [5, 5.41) is 0. The third kappa shape index (κ3) is 2.99. The van der Waals surface area contributed by atoms with E-state index in [0.717, 1.165) is 18.6 Å². The summed E-state index contributed by atoms with van der Waals surface area (Å²) in [6.45, 7) is 0.390. The van der Waals surface area contributed by atoms with Crippen LogP contribution in [-0.2, 0) is 10.0 Å². The lowest BCUT2D eigenvalue weighted by Gasteiger charge is -2.23. The SMILES string of the molecule is O=S(=O)(c1ccc(F)cc1)N1CCC[C@H]1c1cncc(-n2ccnc2)n1. The van der Waals surface area contributed by atoms with Crippen LogP contribution in [0.3, 0.4) is 0 Å². The highest BCUT2D eigenvalue weighted by molar-refractivity contribution is 7.89. The molecule has 0 N–H and O–H groups in total. The molecule has 134 valence electrons. The fourth-order valence-electron chi connectivity index (χ4n) is 3.12. The number of hydrogen-bond donors (Lipinski definition) is 0. The first kappa shape index (κ1) is 16.8. The summed E-state index contributed by atoms with van der Waals surface area (Å²) in [6.07, 6.45) is 9.55. The van der Waals surface area contributed by atoms with Crippen LogP contribution in [0.4, 0.5) is 4.39 Å².